The first-order valence-electron chi connectivity index (χ1n) is 8.04. The minimum absolute atomic E-state index is 0.104. The Labute approximate surface area is 141 Å². The van der Waals surface area contributed by atoms with E-state index in [1.165, 1.54) is 0 Å². The lowest BCUT2D eigenvalue weighted by molar-refractivity contribution is -0.0511. The molecule has 1 aromatic rings. The molecule has 1 aromatic heterocycles. The lowest BCUT2D eigenvalue weighted by Crippen LogP contribution is -2.57. The molecule has 0 N–H and O–H groups in total. The lowest BCUT2D eigenvalue weighted by atomic mass is 9.91. The predicted molar refractivity (Wildman–Crippen MR) is 88.0 cm³/mol. The third kappa shape index (κ3) is 3.26. The number of carbonyl (C=O) groups excluding carboxylic acids is 1. The van der Waals surface area contributed by atoms with Crippen LogP contribution in [0.2, 0.25) is 0 Å². The van der Waals surface area contributed by atoms with Gasteiger partial charge in [-0.05, 0) is 44.9 Å². The number of carbonyl (C=O) groups is 1. The monoisotopic (exact) mass is 327 g/mol. The van der Waals surface area contributed by atoms with Crippen LogP contribution in [-0.2, 0) is 9.47 Å². The summed E-state index contributed by atoms with van der Waals surface area (Å²) in [7, 11) is 0. The zero-order valence-corrected chi connectivity index (χ0v) is 14.2. The molecule has 1 saturated heterocycles. The van der Waals surface area contributed by atoms with Crippen LogP contribution in [0.25, 0.3) is 5.57 Å². The smallest absolute Gasteiger partial charge is 0.411 e. The Morgan fingerprint density at radius 2 is 2.25 bits per heavy atom. The van der Waals surface area contributed by atoms with Crippen molar-refractivity contribution in [2.75, 3.05) is 13.2 Å². The summed E-state index contributed by atoms with van der Waals surface area (Å²) in [6.45, 7) is 6.45. The summed E-state index contributed by atoms with van der Waals surface area (Å²) in [5.41, 5.74) is 1.70. The number of ether oxygens (including phenoxy) is 2. The molecule has 0 saturated carbocycles. The molecule has 6 heteroatoms. The number of fused-ring (bicyclic) bond motifs is 2. The second kappa shape index (κ2) is 6.25. The number of aromatic nitrogens is 1. The molecule has 0 aromatic carbocycles. The summed E-state index contributed by atoms with van der Waals surface area (Å²) in [4.78, 5) is 18.7. The van der Waals surface area contributed by atoms with Crippen LogP contribution in [0, 0.1) is 11.3 Å². The van der Waals surface area contributed by atoms with E-state index in [4.69, 9.17) is 9.47 Å². The summed E-state index contributed by atoms with van der Waals surface area (Å²) in [6, 6.07) is 5.39. The van der Waals surface area contributed by atoms with Gasteiger partial charge < -0.3 is 9.47 Å². The molecule has 24 heavy (non-hydrogen) atoms. The van der Waals surface area contributed by atoms with E-state index < -0.39 is 5.60 Å². The van der Waals surface area contributed by atoms with E-state index in [9.17, 15) is 10.1 Å². The molecule has 2 aliphatic rings. The quantitative estimate of drug-likeness (QED) is 0.793. The topological polar surface area (TPSA) is 75.5 Å². The SMILES string of the molecule is CC(C)(C)OC(=O)N1C2C=C(c3ncccc3C#N)CC1COC2. The molecule has 2 unspecified atom stereocenters. The van der Waals surface area contributed by atoms with Gasteiger partial charge in [0.2, 0.25) is 0 Å². The molecule has 0 radical (unpaired) electrons. The van der Waals surface area contributed by atoms with Crippen molar-refractivity contribution < 1.29 is 14.3 Å². The molecule has 0 spiro atoms. The number of morpholine rings is 1. The third-order valence-corrected chi connectivity index (χ3v) is 4.04. The first-order valence-corrected chi connectivity index (χ1v) is 8.04. The van der Waals surface area contributed by atoms with Crippen molar-refractivity contribution in [3.05, 3.63) is 35.7 Å². The number of hydrogen-bond donors (Lipinski definition) is 0. The van der Waals surface area contributed by atoms with Crippen LogP contribution in [0.5, 0.6) is 0 Å². The Kier molecular flexibility index (Phi) is 4.29. The van der Waals surface area contributed by atoms with Gasteiger partial charge in [-0.2, -0.15) is 5.26 Å². The van der Waals surface area contributed by atoms with E-state index in [0.29, 0.717) is 30.9 Å². The Bertz CT molecular complexity index is 715. The Morgan fingerprint density at radius 3 is 2.92 bits per heavy atom. The van der Waals surface area contributed by atoms with E-state index in [1.54, 1.807) is 23.2 Å². The highest BCUT2D eigenvalue weighted by molar-refractivity contribution is 5.75. The minimum atomic E-state index is -0.537. The maximum Gasteiger partial charge on any atom is 0.411 e. The summed E-state index contributed by atoms with van der Waals surface area (Å²) in [5.74, 6) is 0. The van der Waals surface area contributed by atoms with Gasteiger partial charge >= 0.3 is 6.09 Å². The van der Waals surface area contributed by atoms with Gasteiger partial charge in [0.1, 0.15) is 11.7 Å². The first kappa shape index (κ1) is 16.5. The molecular weight excluding hydrogens is 306 g/mol. The Hall–Kier alpha value is -2.39. The third-order valence-electron chi connectivity index (χ3n) is 4.04. The van der Waals surface area contributed by atoms with Gasteiger partial charge in [0, 0.05) is 6.20 Å². The Balaban J connectivity index is 1.91. The van der Waals surface area contributed by atoms with Gasteiger partial charge in [-0.15, -0.1) is 0 Å². The van der Waals surface area contributed by atoms with Crippen molar-refractivity contribution >= 4 is 11.7 Å². The average molecular weight is 327 g/mol. The van der Waals surface area contributed by atoms with Crippen LogP contribution in [0.3, 0.4) is 0 Å². The second-order valence-electron chi connectivity index (χ2n) is 7.05. The zero-order valence-electron chi connectivity index (χ0n) is 14.2. The van der Waals surface area contributed by atoms with Crippen molar-refractivity contribution in [3.63, 3.8) is 0 Å². The summed E-state index contributed by atoms with van der Waals surface area (Å²) >= 11 is 0. The fraction of sp³-hybridized carbons (Fsp3) is 0.500. The van der Waals surface area contributed by atoms with Crippen molar-refractivity contribution in [2.24, 2.45) is 0 Å². The fourth-order valence-electron chi connectivity index (χ4n) is 3.12. The molecule has 2 atom stereocenters. The molecule has 0 aliphatic carbocycles. The Morgan fingerprint density at radius 1 is 1.46 bits per heavy atom. The highest BCUT2D eigenvalue weighted by Gasteiger charge is 2.40. The molecular formula is C18H21N3O3. The van der Waals surface area contributed by atoms with Gasteiger partial charge in [0.15, 0.2) is 0 Å². The van der Waals surface area contributed by atoms with Crippen molar-refractivity contribution in [1.29, 1.82) is 5.26 Å². The lowest BCUT2D eigenvalue weighted by Gasteiger charge is -2.44. The second-order valence-corrected chi connectivity index (χ2v) is 7.05. The molecule has 126 valence electrons. The van der Waals surface area contributed by atoms with Crippen LogP contribution >= 0.6 is 0 Å². The summed E-state index contributed by atoms with van der Waals surface area (Å²) in [5, 5.41) is 9.29. The molecule has 6 nitrogen and oxygen atoms in total. The highest BCUT2D eigenvalue weighted by atomic mass is 16.6. The van der Waals surface area contributed by atoms with E-state index in [1.807, 2.05) is 26.8 Å². The molecule has 1 amide bonds. The van der Waals surface area contributed by atoms with Crippen LogP contribution in [-0.4, -0.2) is 46.9 Å². The predicted octanol–water partition coefficient (Wildman–Crippen LogP) is 2.74. The molecule has 3 rings (SSSR count). The van der Waals surface area contributed by atoms with Gasteiger partial charge in [0.25, 0.3) is 0 Å². The van der Waals surface area contributed by atoms with Crippen LogP contribution in [0.15, 0.2) is 24.4 Å². The number of nitrogens with zero attached hydrogens (tertiary/aromatic N) is 3. The molecule has 2 aliphatic heterocycles. The molecule has 3 heterocycles. The van der Waals surface area contributed by atoms with Gasteiger partial charge in [-0.25, -0.2) is 4.79 Å². The van der Waals surface area contributed by atoms with Crippen molar-refractivity contribution in [1.82, 2.24) is 9.88 Å². The first-order chi connectivity index (χ1) is 11.4. The van der Waals surface area contributed by atoms with Crippen molar-refractivity contribution in [3.8, 4) is 6.07 Å². The van der Waals surface area contributed by atoms with E-state index in [2.05, 4.69) is 11.1 Å². The van der Waals surface area contributed by atoms with Crippen LogP contribution < -0.4 is 0 Å². The molecule has 2 bridgehead atoms. The normalized spacial score (nSPS) is 23.2. The average Bonchev–Trinajstić information content (AvgIpc) is 2.52. The minimum Gasteiger partial charge on any atom is -0.444 e. The largest absolute Gasteiger partial charge is 0.444 e. The standard InChI is InChI=1S/C18H21N3O3/c1-18(2,3)24-17(22)21-14-7-13(8-15(21)11-23-10-14)16-12(9-19)5-4-6-20-16/h4-7,14-15H,8,10-11H2,1-3H3. The molecule has 1 fully saturated rings. The number of hydrogen-bond acceptors (Lipinski definition) is 5. The van der Waals surface area contributed by atoms with Gasteiger partial charge in [-0.1, -0.05) is 6.08 Å². The van der Waals surface area contributed by atoms with Crippen molar-refractivity contribution in [2.45, 2.75) is 44.9 Å². The van der Waals surface area contributed by atoms with Gasteiger partial charge in [-0.3, -0.25) is 9.88 Å². The van der Waals surface area contributed by atoms with Crippen LogP contribution in [0.1, 0.15) is 38.4 Å². The van der Waals surface area contributed by atoms with E-state index >= 15 is 0 Å². The maximum absolute atomic E-state index is 12.5. The number of rotatable bonds is 1. The maximum atomic E-state index is 12.5. The van der Waals surface area contributed by atoms with Gasteiger partial charge in [0.05, 0.1) is 36.6 Å². The number of pyridine rings is 1. The highest BCUT2D eigenvalue weighted by Crippen LogP contribution is 2.33. The van der Waals surface area contributed by atoms with E-state index in [0.717, 1.165) is 5.57 Å². The van der Waals surface area contributed by atoms with E-state index in [-0.39, 0.29) is 18.2 Å². The summed E-state index contributed by atoms with van der Waals surface area (Å²) in [6.07, 6.45) is 3.94. The number of nitriles is 1. The number of amides is 1. The fourth-order valence-corrected chi connectivity index (χ4v) is 3.12. The zero-order chi connectivity index (χ0) is 17.3. The van der Waals surface area contributed by atoms with Crippen LogP contribution in [0.4, 0.5) is 4.79 Å². The summed E-state index contributed by atoms with van der Waals surface area (Å²) < 4.78 is 11.1.